The molecule has 0 radical (unpaired) electrons. The average molecular weight is 415 g/mol. The Bertz CT molecular complexity index is 1360. The summed E-state index contributed by atoms with van der Waals surface area (Å²) in [6, 6.07) is 12.0. The number of amides is 1. The quantitative estimate of drug-likeness (QED) is 0.554. The molecule has 1 spiro atoms. The summed E-state index contributed by atoms with van der Waals surface area (Å²) in [4.78, 5) is 23.4. The van der Waals surface area contributed by atoms with Crippen molar-refractivity contribution in [3.8, 4) is 17.0 Å². The van der Waals surface area contributed by atoms with Crippen LogP contribution in [0.1, 0.15) is 0 Å². The lowest BCUT2D eigenvalue weighted by molar-refractivity contribution is 0.0142. The van der Waals surface area contributed by atoms with Gasteiger partial charge in [-0.15, -0.1) is 0 Å². The number of carbonyl (C=O) groups is 1. The summed E-state index contributed by atoms with van der Waals surface area (Å²) in [5.41, 5.74) is 3.93. The van der Waals surface area contributed by atoms with Gasteiger partial charge in [0.15, 0.2) is 5.60 Å². The van der Waals surface area contributed by atoms with Crippen LogP contribution in [-0.2, 0) is 11.8 Å². The molecule has 0 unspecified atom stereocenters. The number of hydrogen-bond acceptors (Lipinski definition) is 6. The van der Waals surface area contributed by atoms with Gasteiger partial charge in [-0.25, -0.2) is 14.8 Å². The smallest absolute Gasteiger partial charge is 0.415 e. The second kappa shape index (κ2) is 6.42. The number of anilines is 1. The number of ether oxygens (including phenoxy) is 2. The Morgan fingerprint density at radius 3 is 2.74 bits per heavy atom. The van der Waals surface area contributed by atoms with Gasteiger partial charge in [0.05, 0.1) is 30.6 Å². The number of nitrogens with zero attached hydrogens (tertiary/aromatic N) is 4. The molecule has 156 valence electrons. The van der Waals surface area contributed by atoms with Crippen molar-refractivity contribution in [1.82, 2.24) is 19.9 Å². The van der Waals surface area contributed by atoms with Crippen LogP contribution in [0.2, 0.25) is 0 Å². The third kappa shape index (κ3) is 2.61. The molecule has 0 saturated carbocycles. The zero-order valence-electron chi connectivity index (χ0n) is 17.3. The summed E-state index contributed by atoms with van der Waals surface area (Å²) < 4.78 is 13.4. The first-order chi connectivity index (χ1) is 15.1. The number of carbonyl (C=O) groups excluding carboxylic acids is 1. The fourth-order valence-electron chi connectivity index (χ4n) is 4.59. The van der Waals surface area contributed by atoms with Crippen LogP contribution in [0.5, 0.6) is 5.75 Å². The second-order valence-electron chi connectivity index (χ2n) is 8.17. The first-order valence-corrected chi connectivity index (χ1v) is 10.2. The molecule has 0 bridgehead atoms. The van der Waals surface area contributed by atoms with Gasteiger partial charge in [0, 0.05) is 54.3 Å². The van der Waals surface area contributed by atoms with Gasteiger partial charge < -0.3 is 19.4 Å². The molecule has 0 atom stereocenters. The van der Waals surface area contributed by atoms with E-state index in [0.29, 0.717) is 31.1 Å². The predicted octanol–water partition coefficient (Wildman–Crippen LogP) is 3.10. The van der Waals surface area contributed by atoms with Crippen LogP contribution in [0.15, 0.2) is 48.9 Å². The van der Waals surface area contributed by atoms with Crippen LogP contribution in [0.4, 0.5) is 10.5 Å². The highest BCUT2D eigenvalue weighted by Gasteiger charge is 2.50. The number of nitrogens with one attached hydrogen (secondary N) is 1. The Hall–Kier alpha value is -3.65. The summed E-state index contributed by atoms with van der Waals surface area (Å²) in [6.45, 7) is 1.81. The van der Waals surface area contributed by atoms with Crippen LogP contribution >= 0.6 is 0 Å². The van der Waals surface area contributed by atoms with Crippen molar-refractivity contribution in [2.24, 2.45) is 7.05 Å². The molecule has 2 fully saturated rings. The van der Waals surface area contributed by atoms with Gasteiger partial charge in [-0.1, -0.05) is 18.2 Å². The molecule has 4 heterocycles. The number of fused-ring (bicyclic) bond motifs is 2. The molecule has 8 nitrogen and oxygen atoms in total. The monoisotopic (exact) mass is 415 g/mol. The van der Waals surface area contributed by atoms with Crippen molar-refractivity contribution >= 4 is 33.6 Å². The van der Waals surface area contributed by atoms with Crippen molar-refractivity contribution in [3.05, 3.63) is 48.9 Å². The van der Waals surface area contributed by atoms with E-state index in [9.17, 15) is 4.79 Å². The number of para-hydroxylation sites is 1. The molecular weight excluding hydrogens is 394 g/mol. The van der Waals surface area contributed by atoms with E-state index in [2.05, 4.69) is 38.2 Å². The fourth-order valence-corrected chi connectivity index (χ4v) is 4.59. The van der Waals surface area contributed by atoms with Crippen LogP contribution in [-0.4, -0.2) is 53.0 Å². The van der Waals surface area contributed by atoms with Gasteiger partial charge in [0.1, 0.15) is 12.1 Å². The van der Waals surface area contributed by atoms with E-state index in [0.717, 1.165) is 33.1 Å². The largest absolute Gasteiger partial charge is 0.494 e. The van der Waals surface area contributed by atoms with E-state index in [1.807, 2.05) is 31.3 Å². The Labute approximate surface area is 178 Å². The van der Waals surface area contributed by atoms with Crippen LogP contribution in [0.3, 0.4) is 0 Å². The van der Waals surface area contributed by atoms with Crippen LogP contribution in [0, 0.1) is 0 Å². The lowest BCUT2D eigenvalue weighted by Gasteiger charge is -2.36. The third-order valence-electron chi connectivity index (χ3n) is 6.24. The highest BCUT2D eigenvalue weighted by atomic mass is 16.6. The molecule has 2 saturated heterocycles. The zero-order chi connectivity index (χ0) is 21.2. The number of aryl methyl sites for hydroxylation is 1. The third-order valence-corrected chi connectivity index (χ3v) is 6.24. The van der Waals surface area contributed by atoms with Gasteiger partial charge in [-0.2, -0.15) is 0 Å². The summed E-state index contributed by atoms with van der Waals surface area (Å²) in [6.07, 6.45) is 3.29. The van der Waals surface area contributed by atoms with E-state index in [1.165, 1.54) is 0 Å². The maximum atomic E-state index is 12.7. The van der Waals surface area contributed by atoms with E-state index >= 15 is 0 Å². The Kier molecular flexibility index (Phi) is 3.76. The van der Waals surface area contributed by atoms with Crippen molar-refractivity contribution in [2.45, 2.75) is 5.60 Å². The molecule has 1 N–H and O–H groups in total. The van der Waals surface area contributed by atoms with Gasteiger partial charge in [0.25, 0.3) is 0 Å². The molecule has 31 heavy (non-hydrogen) atoms. The van der Waals surface area contributed by atoms with Crippen molar-refractivity contribution in [2.75, 3.05) is 31.6 Å². The van der Waals surface area contributed by atoms with Crippen molar-refractivity contribution < 1.29 is 14.3 Å². The van der Waals surface area contributed by atoms with E-state index in [1.54, 1.807) is 18.3 Å². The number of rotatable bonds is 3. The normalized spacial score (nSPS) is 17.4. The topological polar surface area (TPSA) is 81.5 Å². The molecule has 6 rings (SSSR count). The molecule has 4 aromatic rings. The Morgan fingerprint density at radius 1 is 1.16 bits per heavy atom. The molecule has 2 aliphatic rings. The summed E-state index contributed by atoms with van der Waals surface area (Å²) in [5.74, 6) is 0.580. The molecule has 2 aliphatic heterocycles. The standard InChI is InChI=1S/C23H21N5O3/c1-27-9-16(14-5-3-4-6-18(14)27)21-15-7-19(20(30-2)8-17(15)25-13-26-21)28-12-23(10-24-11-23)31-22(28)29/h3-9,13,24H,10-12H2,1-2H3. The van der Waals surface area contributed by atoms with Gasteiger partial charge in [-0.05, 0) is 12.1 Å². The molecule has 8 heteroatoms. The average Bonchev–Trinajstić information content (AvgIpc) is 3.30. The minimum Gasteiger partial charge on any atom is -0.494 e. The Morgan fingerprint density at radius 2 is 2.00 bits per heavy atom. The van der Waals surface area contributed by atoms with E-state index < -0.39 is 5.60 Å². The predicted molar refractivity (Wildman–Crippen MR) is 117 cm³/mol. The maximum absolute atomic E-state index is 12.7. The minimum atomic E-state index is -0.456. The first kappa shape index (κ1) is 18.1. The van der Waals surface area contributed by atoms with Gasteiger partial charge in [-0.3, -0.25) is 4.90 Å². The minimum absolute atomic E-state index is 0.359. The SMILES string of the molecule is COc1cc2ncnc(-c3cn(C)c4ccccc34)c2cc1N1CC2(CNC2)OC1=O. The summed E-state index contributed by atoms with van der Waals surface area (Å²) in [7, 11) is 3.62. The van der Waals surface area contributed by atoms with Crippen molar-refractivity contribution in [3.63, 3.8) is 0 Å². The highest BCUT2D eigenvalue weighted by Crippen LogP contribution is 2.41. The Balaban J connectivity index is 1.56. The zero-order valence-corrected chi connectivity index (χ0v) is 17.3. The maximum Gasteiger partial charge on any atom is 0.415 e. The highest BCUT2D eigenvalue weighted by molar-refractivity contribution is 6.05. The van der Waals surface area contributed by atoms with Crippen LogP contribution in [0.25, 0.3) is 33.1 Å². The molecule has 0 aliphatic carbocycles. The molecule has 2 aromatic carbocycles. The first-order valence-electron chi connectivity index (χ1n) is 10.2. The van der Waals surface area contributed by atoms with Gasteiger partial charge >= 0.3 is 6.09 Å². The summed E-state index contributed by atoms with van der Waals surface area (Å²) >= 11 is 0. The molecular formula is C23H21N5O3. The number of benzene rings is 2. The molecule has 2 aromatic heterocycles. The fraction of sp³-hybridized carbons (Fsp3) is 0.261. The number of aromatic nitrogens is 3. The lowest BCUT2D eigenvalue weighted by Crippen LogP contribution is -2.61. The lowest BCUT2D eigenvalue weighted by atomic mass is 9.97. The van der Waals surface area contributed by atoms with E-state index in [4.69, 9.17) is 9.47 Å². The molecule has 1 amide bonds. The van der Waals surface area contributed by atoms with Crippen molar-refractivity contribution in [1.29, 1.82) is 0 Å². The number of methoxy groups -OCH3 is 1. The number of hydrogen-bond donors (Lipinski definition) is 1. The van der Waals surface area contributed by atoms with E-state index in [-0.39, 0.29) is 6.09 Å². The van der Waals surface area contributed by atoms with Crippen LogP contribution < -0.4 is 15.0 Å². The second-order valence-corrected chi connectivity index (χ2v) is 8.17. The van der Waals surface area contributed by atoms with Gasteiger partial charge in [0.2, 0.25) is 0 Å². The summed E-state index contributed by atoms with van der Waals surface area (Å²) in [5, 5.41) is 5.16.